The average Bonchev–Trinajstić information content (AvgIpc) is 2.87. The van der Waals surface area contributed by atoms with Crippen LogP contribution in [0.3, 0.4) is 0 Å². The Bertz CT molecular complexity index is 762. The highest BCUT2D eigenvalue weighted by molar-refractivity contribution is 6.16. The first-order valence-corrected chi connectivity index (χ1v) is 7.40. The van der Waals surface area contributed by atoms with E-state index in [1.54, 1.807) is 7.11 Å². The number of aromatic nitrogens is 2. The van der Waals surface area contributed by atoms with E-state index in [-0.39, 0.29) is 0 Å². The van der Waals surface area contributed by atoms with Gasteiger partial charge < -0.3 is 9.30 Å². The second kappa shape index (κ2) is 5.78. The molecule has 4 heteroatoms. The number of methoxy groups -OCH3 is 1. The highest BCUT2D eigenvalue weighted by atomic mass is 35.5. The molecule has 3 rings (SSSR count). The van der Waals surface area contributed by atoms with Gasteiger partial charge in [-0.1, -0.05) is 35.9 Å². The number of hydrogen-bond donors (Lipinski definition) is 0. The SMILES string of the molecule is COc1cccc2c1nc(CCl)n2Cc1ccc(C)cc1. The van der Waals surface area contributed by atoms with Crippen LogP contribution in [0, 0.1) is 6.92 Å². The Kier molecular flexibility index (Phi) is 3.84. The van der Waals surface area contributed by atoms with Crippen molar-refractivity contribution >= 4 is 22.6 Å². The number of nitrogens with zero attached hydrogens (tertiary/aromatic N) is 2. The molecular formula is C17H17ClN2O. The van der Waals surface area contributed by atoms with Gasteiger partial charge >= 0.3 is 0 Å². The first kappa shape index (κ1) is 14.0. The van der Waals surface area contributed by atoms with Crippen molar-refractivity contribution in [3.05, 3.63) is 59.4 Å². The molecule has 0 saturated carbocycles. The van der Waals surface area contributed by atoms with E-state index in [0.29, 0.717) is 5.88 Å². The van der Waals surface area contributed by atoms with Crippen molar-refractivity contribution in [1.29, 1.82) is 0 Å². The summed E-state index contributed by atoms with van der Waals surface area (Å²) >= 11 is 6.07. The monoisotopic (exact) mass is 300 g/mol. The van der Waals surface area contributed by atoms with E-state index < -0.39 is 0 Å². The molecule has 0 aliphatic carbocycles. The zero-order valence-electron chi connectivity index (χ0n) is 12.1. The van der Waals surface area contributed by atoms with Crippen LogP contribution in [0.15, 0.2) is 42.5 Å². The maximum absolute atomic E-state index is 6.07. The number of halogens is 1. The Balaban J connectivity index is 2.10. The van der Waals surface area contributed by atoms with Gasteiger partial charge in [0.05, 0.1) is 18.5 Å². The minimum atomic E-state index is 0.379. The molecule has 0 atom stereocenters. The number of para-hydroxylation sites is 1. The maximum Gasteiger partial charge on any atom is 0.146 e. The number of hydrogen-bond acceptors (Lipinski definition) is 2. The molecule has 2 aromatic carbocycles. The van der Waals surface area contributed by atoms with Gasteiger partial charge in [-0.2, -0.15) is 0 Å². The smallest absolute Gasteiger partial charge is 0.146 e. The number of aryl methyl sites for hydroxylation is 1. The van der Waals surface area contributed by atoms with E-state index >= 15 is 0 Å². The predicted octanol–water partition coefficient (Wildman–Crippen LogP) is 4.14. The van der Waals surface area contributed by atoms with Crippen LogP contribution in [-0.2, 0) is 12.4 Å². The number of imidazole rings is 1. The molecule has 0 aliphatic heterocycles. The summed E-state index contributed by atoms with van der Waals surface area (Å²) < 4.78 is 7.54. The summed E-state index contributed by atoms with van der Waals surface area (Å²) in [6.07, 6.45) is 0. The zero-order chi connectivity index (χ0) is 14.8. The van der Waals surface area contributed by atoms with Crippen LogP contribution < -0.4 is 4.74 Å². The summed E-state index contributed by atoms with van der Waals surface area (Å²) in [5.41, 5.74) is 4.40. The molecule has 108 valence electrons. The van der Waals surface area contributed by atoms with Crippen LogP contribution in [0.1, 0.15) is 17.0 Å². The first-order chi connectivity index (χ1) is 10.2. The molecule has 3 aromatic rings. The largest absolute Gasteiger partial charge is 0.494 e. The summed E-state index contributed by atoms with van der Waals surface area (Å²) in [4.78, 5) is 4.62. The summed E-state index contributed by atoms with van der Waals surface area (Å²) in [5, 5.41) is 0. The molecular weight excluding hydrogens is 284 g/mol. The lowest BCUT2D eigenvalue weighted by Crippen LogP contribution is -2.03. The number of ether oxygens (including phenoxy) is 1. The molecule has 0 amide bonds. The number of alkyl halides is 1. The predicted molar refractivity (Wildman–Crippen MR) is 86.1 cm³/mol. The molecule has 0 fully saturated rings. The molecule has 0 spiro atoms. The van der Waals surface area contributed by atoms with Crippen LogP contribution in [0.25, 0.3) is 11.0 Å². The quantitative estimate of drug-likeness (QED) is 0.677. The van der Waals surface area contributed by atoms with Crippen molar-refractivity contribution in [2.75, 3.05) is 7.11 Å². The maximum atomic E-state index is 6.07. The first-order valence-electron chi connectivity index (χ1n) is 6.86. The molecule has 0 bridgehead atoms. The second-order valence-corrected chi connectivity index (χ2v) is 5.33. The van der Waals surface area contributed by atoms with Crippen LogP contribution >= 0.6 is 11.6 Å². The van der Waals surface area contributed by atoms with Crippen LogP contribution in [0.5, 0.6) is 5.75 Å². The molecule has 0 aliphatic rings. The van der Waals surface area contributed by atoms with Crippen molar-refractivity contribution in [3.63, 3.8) is 0 Å². The number of fused-ring (bicyclic) bond motifs is 1. The fourth-order valence-corrected chi connectivity index (χ4v) is 2.69. The highest BCUT2D eigenvalue weighted by Gasteiger charge is 2.13. The Morgan fingerprint density at radius 1 is 1.14 bits per heavy atom. The fourth-order valence-electron chi connectivity index (χ4n) is 2.49. The normalized spacial score (nSPS) is 11.0. The molecule has 0 N–H and O–H groups in total. The van der Waals surface area contributed by atoms with Gasteiger partial charge in [-0.05, 0) is 24.6 Å². The van der Waals surface area contributed by atoms with Crippen molar-refractivity contribution in [3.8, 4) is 5.75 Å². The fraction of sp³-hybridized carbons (Fsp3) is 0.235. The van der Waals surface area contributed by atoms with Gasteiger partial charge in [0.15, 0.2) is 0 Å². The van der Waals surface area contributed by atoms with Crippen LogP contribution in [0.4, 0.5) is 0 Å². The van der Waals surface area contributed by atoms with Crippen molar-refractivity contribution in [1.82, 2.24) is 9.55 Å². The Hall–Kier alpha value is -2.00. The van der Waals surface area contributed by atoms with Gasteiger partial charge in [-0.3, -0.25) is 0 Å². The van der Waals surface area contributed by atoms with Gasteiger partial charge in [0.1, 0.15) is 17.1 Å². The van der Waals surface area contributed by atoms with Gasteiger partial charge in [0, 0.05) is 6.54 Å². The highest BCUT2D eigenvalue weighted by Crippen LogP contribution is 2.27. The summed E-state index contributed by atoms with van der Waals surface area (Å²) in [6.45, 7) is 2.84. The molecule has 3 nitrogen and oxygen atoms in total. The molecule has 0 radical (unpaired) electrons. The third-order valence-corrected chi connectivity index (χ3v) is 3.86. The van der Waals surface area contributed by atoms with Crippen molar-refractivity contribution < 1.29 is 4.74 Å². The molecule has 1 heterocycles. The molecule has 1 aromatic heterocycles. The van der Waals surface area contributed by atoms with Gasteiger partial charge in [0.2, 0.25) is 0 Å². The molecule has 0 saturated heterocycles. The molecule has 21 heavy (non-hydrogen) atoms. The van der Waals surface area contributed by atoms with Crippen molar-refractivity contribution in [2.45, 2.75) is 19.3 Å². The Morgan fingerprint density at radius 2 is 1.90 bits per heavy atom. The summed E-state index contributed by atoms with van der Waals surface area (Å²) in [6, 6.07) is 14.5. The average molecular weight is 301 g/mol. The van der Waals surface area contributed by atoms with E-state index in [1.807, 2.05) is 12.1 Å². The van der Waals surface area contributed by atoms with Crippen molar-refractivity contribution in [2.24, 2.45) is 0 Å². The Morgan fingerprint density at radius 3 is 2.57 bits per heavy atom. The van der Waals surface area contributed by atoms with E-state index in [4.69, 9.17) is 16.3 Å². The number of rotatable bonds is 4. The van der Waals surface area contributed by atoms with E-state index in [9.17, 15) is 0 Å². The third kappa shape index (κ3) is 2.61. The minimum Gasteiger partial charge on any atom is -0.494 e. The van der Waals surface area contributed by atoms with Gasteiger partial charge in [-0.25, -0.2) is 4.98 Å². The standard InChI is InChI=1S/C17H17ClN2O/c1-12-6-8-13(9-7-12)11-20-14-4-3-5-15(21-2)17(14)19-16(20)10-18/h3-9H,10-11H2,1-2H3. The lowest BCUT2D eigenvalue weighted by atomic mass is 10.1. The molecule has 0 unspecified atom stereocenters. The van der Waals surface area contributed by atoms with E-state index in [2.05, 4.69) is 46.8 Å². The third-order valence-electron chi connectivity index (χ3n) is 3.62. The minimum absolute atomic E-state index is 0.379. The van der Waals surface area contributed by atoms with Gasteiger partial charge in [-0.15, -0.1) is 11.6 Å². The topological polar surface area (TPSA) is 27.1 Å². The number of benzene rings is 2. The lowest BCUT2D eigenvalue weighted by molar-refractivity contribution is 0.419. The van der Waals surface area contributed by atoms with Crippen LogP contribution in [0.2, 0.25) is 0 Å². The zero-order valence-corrected chi connectivity index (χ0v) is 12.9. The van der Waals surface area contributed by atoms with E-state index in [0.717, 1.165) is 29.2 Å². The summed E-state index contributed by atoms with van der Waals surface area (Å²) in [5.74, 6) is 2.02. The Labute approximate surface area is 129 Å². The second-order valence-electron chi connectivity index (χ2n) is 5.06. The van der Waals surface area contributed by atoms with E-state index in [1.165, 1.54) is 11.1 Å². The van der Waals surface area contributed by atoms with Crippen LogP contribution in [-0.4, -0.2) is 16.7 Å². The summed E-state index contributed by atoms with van der Waals surface area (Å²) in [7, 11) is 1.66. The lowest BCUT2D eigenvalue weighted by Gasteiger charge is -2.08. The van der Waals surface area contributed by atoms with Gasteiger partial charge in [0.25, 0.3) is 0 Å².